The van der Waals surface area contributed by atoms with Crippen LogP contribution in [0.25, 0.3) is 0 Å². The summed E-state index contributed by atoms with van der Waals surface area (Å²) in [6, 6.07) is 5.08. The minimum absolute atomic E-state index is 0.157. The smallest absolute Gasteiger partial charge is 0.387 e. The van der Waals surface area contributed by atoms with Crippen LogP contribution >= 0.6 is 0 Å². The zero-order valence-electron chi connectivity index (χ0n) is 13.9. The summed E-state index contributed by atoms with van der Waals surface area (Å²) in [5.74, 6) is 0.790. The normalized spacial score (nSPS) is 11.7. The van der Waals surface area contributed by atoms with Gasteiger partial charge in [0.05, 0.1) is 6.54 Å². The standard InChI is InChI=1S/C16H25F2N3O2/c1-4-19-16(20-8-5-9-22-3)21-11-13-10-12(2)6-7-14(13)23-15(17)18/h6-7,10,15H,4-5,8-9,11H2,1-3H3,(H2,19,20,21). The average molecular weight is 329 g/mol. The maximum Gasteiger partial charge on any atom is 0.387 e. The quantitative estimate of drug-likeness (QED) is 0.415. The Morgan fingerprint density at radius 3 is 2.74 bits per heavy atom. The van der Waals surface area contributed by atoms with Crippen LogP contribution < -0.4 is 15.4 Å². The molecule has 0 saturated heterocycles. The molecule has 1 aromatic rings. The van der Waals surface area contributed by atoms with E-state index in [0.29, 0.717) is 31.2 Å². The Morgan fingerprint density at radius 2 is 2.09 bits per heavy atom. The van der Waals surface area contributed by atoms with Crippen molar-refractivity contribution in [2.75, 3.05) is 26.8 Å². The largest absolute Gasteiger partial charge is 0.434 e. The highest BCUT2D eigenvalue weighted by Gasteiger charge is 2.10. The van der Waals surface area contributed by atoms with E-state index in [1.165, 1.54) is 0 Å². The molecule has 0 radical (unpaired) electrons. The van der Waals surface area contributed by atoms with Crippen LogP contribution in [0.2, 0.25) is 0 Å². The van der Waals surface area contributed by atoms with Gasteiger partial charge in [0.15, 0.2) is 5.96 Å². The van der Waals surface area contributed by atoms with Crippen LogP contribution in [0.1, 0.15) is 24.5 Å². The van der Waals surface area contributed by atoms with Crippen molar-refractivity contribution in [1.29, 1.82) is 0 Å². The molecule has 0 aromatic heterocycles. The maximum atomic E-state index is 12.5. The van der Waals surface area contributed by atoms with Gasteiger partial charge >= 0.3 is 6.61 Å². The molecule has 0 fully saturated rings. The zero-order valence-corrected chi connectivity index (χ0v) is 13.9. The molecule has 5 nitrogen and oxygen atoms in total. The van der Waals surface area contributed by atoms with Crippen molar-refractivity contribution < 1.29 is 18.3 Å². The van der Waals surface area contributed by atoms with E-state index in [0.717, 1.165) is 12.0 Å². The van der Waals surface area contributed by atoms with Crippen LogP contribution in [-0.2, 0) is 11.3 Å². The van der Waals surface area contributed by atoms with Gasteiger partial charge in [-0.3, -0.25) is 0 Å². The van der Waals surface area contributed by atoms with Crippen LogP contribution in [0.5, 0.6) is 5.75 Å². The maximum absolute atomic E-state index is 12.5. The SMILES string of the molecule is CCNC(=NCc1cc(C)ccc1OC(F)F)NCCCOC. The number of aliphatic imine (C=N–C) groups is 1. The van der Waals surface area contributed by atoms with E-state index >= 15 is 0 Å². The van der Waals surface area contributed by atoms with E-state index < -0.39 is 6.61 Å². The van der Waals surface area contributed by atoms with Crippen LogP contribution in [-0.4, -0.2) is 39.4 Å². The number of rotatable bonds is 9. The second kappa shape index (κ2) is 10.8. The van der Waals surface area contributed by atoms with Gasteiger partial charge in [0, 0.05) is 32.4 Å². The number of hydrogen-bond acceptors (Lipinski definition) is 3. The van der Waals surface area contributed by atoms with Gasteiger partial charge in [0.2, 0.25) is 0 Å². The molecule has 0 amide bonds. The zero-order chi connectivity index (χ0) is 17.1. The van der Waals surface area contributed by atoms with Gasteiger partial charge in [-0.1, -0.05) is 17.7 Å². The molecule has 0 aliphatic heterocycles. The summed E-state index contributed by atoms with van der Waals surface area (Å²) in [6.45, 7) is 3.36. The van der Waals surface area contributed by atoms with Gasteiger partial charge in [-0.25, -0.2) is 4.99 Å². The van der Waals surface area contributed by atoms with Gasteiger partial charge in [-0.2, -0.15) is 8.78 Å². The van der Waals surface area contributed by atoms with E-state index in [2.05, 4.69) is 20.4 Å². The van der Waals surface area contributed by atoms with Crippen LogP contribution in [0, 0.1) is 6.92 Å². The number of halogens is 2. The molecule has 0 unspecified atom stereocenters. The summed E-state index contributed by atoms with van der Waals surface area (Å²) in [7, 11) is 1.65. The van der Waals surface area contributed by atoms with Crippen LogP contribution in [0.15, 0.2) is 23.2 Å². The first-order valence-corrected chi connectivity index (χ1v) is 7.62. The van der Waals surface area contributed by atoms with E-state index in [-0.39, 0.29) is 12.3 Å². The van der Waals surface area contributed by atoms with E-state index in [1.54, 1.807) is 25.3 Å². The number of ether oxygens (including phenoxy) is 2. The Bertz CT molecular complexity index is 496. The van der Waals surface area contributed by atoms with E-state index in [1.807, 2.05) is 13.8 Å². The number of benzene rings is 1. The lowest BCUT2D eigenvalue weighted by Crippen LogP contribution is -2.38. The number of alkyl halides is 2. The topological polar surface area (TPSA) is 54.9 Å². The van der Waals surface area contributed by atoms with Gasteiger partial charge < -0.3 is 20.1 Å². The van der Waals surface area contributed by atoms with Crippen molar-refractivity contribution in [3.05, 3.63) is 29.3 Å². The second-order valence-corrected chi connectivity index (χ2v) is 4.96. The fourth-order valence-electron chi connectivity index (χ4n) is 1.97. The first-order valence-electron chi connectivity index (χ1n) is 7.62. The van der Waals surface area contributed by atoms with Crippen LogP contribution in [0.4, 0.5) is 8.78 Å². The van der Waals surface area contributed by atoms with Crippen molar-refractivity contribution >= 4 is 5.96 Å². The minimum atomic E-state index is -2.85. The Labute approximate surface area is 136 Å². The molecular weight excluding hydrogens is 304 g/mol. The van der Waals surface area contributed by atoms with Crippen LogP contribution in [0.3, 0.4) is 0 Å². The molecule has 0 atom stereocenters. The summed E-state index contributed by atoms with van der Waals surface area (Å²) >= 11 is 0. The molecule has 1 rings (SSSR count). The third-order valence-corrected chi connectivity index (χ3v) is 3.00. The lowest BCUT2D eigenvalue weighted by molar-refractivity contribution is -0.0504. The number of aryl methyl sites for hydroxylation is 1. The Balaban J connectivity index is 2.75. The van der Waals surface area contributed by atoms with Gasteiger partial charge in [0.25, 0.3) is 0 Å². The summed E-state index contributed by atoms with van der Waals surface area (Å²) in [6.07, 6.45) is 0.852. The molecule has 0 spiro atoms. The number of methoxy groups -OCH3 is 1. The highest BCUT2D eigenvalue weighted by molar-refractivity contribution is 5.79. The summed E-state index contributed by atoms with van der Waals surface area (Å²) in [4.78, 5) is 4.42. The number of nitrogens with zero attached hydrogens (tertiary/aromatic N) is 1. The van der Waals surface area contributed by atoms with Crippen molar-refractivity contribution in [3.63, 3.8) is 0 Å². The number of guanidine groups is 1. The van der Waals surface area contributed by atoms with Crippen molar-refractivity contribution in [1.82, 2.24) is 10.6 Å². The number of hydrogen-bond donors (Lipinski definition) is 2. The van der Waals surface area contributed by atoms with Crippen molar-refractivity contribution in [3.8, 4) is 5.75 Å². The fraction of sp³-hybridized carbons (Fsp3) is 0.562. The molecular formula is C16H25F2N3O2. The molecule has 130 valence electrons. The van der Waals surface area contributed by atoms with Crippen molar-refractivity contribution in [2.45, 2.75) is 33.4 Å². The molecule has 0 bridgehead atoms. The molecule has 23 heavy (non-hydrogen) atoms. The fourth-order valence-corrected chi connectivity index (χ4v) is 1.97. The van der Waals surface area contributed by atoms with E-state index in [4.69, 9.17) is 4.74 Å². The van der Waals surface area contributed by atoms with Gasteiger partial charge in [-0.15, -0.1) is 0 Å². The van der Waals surface area contributed by atoms with Gasteiger partial charge in [0.1, 0.15) is 5.75 Å². The number of nitrogens with one attached hydrogen (secondary N) is 2. The third-order valence-electron chi connectivity index (χ3n) is 3.00. The van der Waals surface area contributed by atoms with Crippen molar-refractivity contribution in [2.24, 2.45) is 4.99 Å². The first kappa shape index (κ1) is 19.2. The highest BCUT2D eigenvalue weighted by Crippen LogP contribution is 2.22. The predicted octanol–water partition coefficient (Wildman–Crippen LogP) is 2.69. The van der Waals surface area contributed by atoms with E-state index in [9.17, 15) is 8.78 Å². The Morgan fingerprint density at radius 1 is 1.30 bits per heavy atom. The molecule has 2 N–H and O–H groups in total. The second-order valence-electron chi connectivity index (χ2n) is 4.96. The Kier molecular flexibility index (Phi) is 8.97. The van der Waals surface area contributed by atoms with Gasteiger partial charge in [-0.05, 0) is 26.3 Å². The lowest BCUT2D eigenvalue weighted by Gasteiger charge is -2.13. The predicted molar refractivity (Wildman–Crippen MR) is 87.1 cm³/mol. The third kappa shape index (κ3) is 7.78. The molecule has 0 heterocycles. The highest BCUT2D eigenvalue weighted by atomic mass is 19.3. The molecule has 0 aliphatic rings. The summed E-state index contributed by atoms with van der Waals surface area (Å²) in [5, 5.41) is 6.28. The Hall–Kier alpha value is -1.89. The monoisotopic (exact) mass is 329 g/mol. The minimum Gasteiger partial charge on any atom is -0.434 e. The first-order chi connectivity index (χ1) is 11.1. The molecule has 1 aromatic carbocycles. The summed E-state index contributed by atoms with van der Waals surface area (Å²) < 4.78 is 34.5. The summed E-state index contributed by atoms with van der Waals surface area (Å²) in [5.41, 5.74) is 1.59. The molecule has 0 saturated carbocycles. The molecule has 7 heteroatoms. The lowest BCUT2D eigenvalue weighted by atomic mass is 10.1. The average Bonchev–Trinajstić information content (AvgIpc) is 2.51. The molecule has 0 aliphatic carbocycles.